The molecule has 1 aliphatic rings. The SMILES string of the molecule is CCNC1CC(C)c2ccc(OC(F)F)cc21. The molecule has 94 valence electrons. The van der Waals surface area contributed by atoms with Crippen molar-refractivity contribution >= 4 is 0 Å². The van der Waals surface area contributed by atoms with Crippen molar-refractivity contribution < 1.29 is 13.5 Å². The molecular formula is C13H17F2NO. The summed E-state index contributed by atoms with van der Waals surface area (Å²) in [7, 11) is 0. The van der Waals surface area contributed by atoms with Gasteiger partial charge in [0.1, 0.15) is 5.75 Å². The normalized spacial score (nSPS) is 22.9. The van der Waals surface area contributed by atoms with Gasteiger partial charge in [-0.1, -0.05) is 19.9 Å². The first-order valence-electron chi connectivity index (χ1n) is 5.93. The van der Waals surface area contributed by atoms with E-state index in [1.165, 1.54) is 5.56 Å². The first-order valence-corrected chi connectivity index (χ1v) is 5.93. The smallest absolute Gasteiger partial charge is 0.387 e. The Kier molecular flexibility index (Phi) is 3.62. The Morgan fingerprint density at radius 2 is 2.18 bits per heavy atom. The van der Waals surface area contributed by atoms with Gasteiger partial charge in [0.05, 0.1) is 0 Å². The Morgan fingerprint density at radius 3 is 2.82 bits per heavy atom. The minimum Gasteiger partial charge on any atom is -0.435 e. The van der Waals surface area contributed by atoms with Crippen LogP contribution in [0.2, 0.25) is 0 Å². The lowest BCUT2D eigenvalue weighted by Gasteiger charge is -2.13. The molecule has 1 aromatic rings. The maximum atomic E-state index is 12.2. The van der Waals surface area contributed by atoms with Crippen molar-refractivity contribution in [1.82, 2.24) is 5.32 Å². The molecule has 0 fully saturated rings. The van der Waals surface area contributed by atoms with Gasteiger partial charge in [0.25, 0.3) is 0 Å². The maximum Gasteiger partial charge on any atom is 0.387 e. The standard InChI is InChI=1S/C13H17F2NO/c1-3-16-12-6-8(2)10-5-4-9(7-11(10)12)17-13(14)15/h4-5,7-8,12-13,16H,3,6H2,1-2H3. The average Bonchev–Trinajstić information content (AvgIpc) is 2.55. The number of benzene rings is 1. The maximum absolute atomic E-state index is 12.2. The molecule has 1 N–H and O–H groups in total. The summed E-state index contributed by atoms with van der Waals surface area (Å²) in [5.74, 6) is 0.713. The molecule has 1 aromatic carbocycles. The van der Waals surface area contributed by atoms with Gasteiger partial charge in [-0.15, -0.1) is 0 Å². The summed E-state index contributed by atoms with van der Waals surface area (Å²) in [6, 6.07) is 5.51. The van der Waals surface area contributed by atoms with E-state index >= 15 is 0 Å². The highest BCUT2D eigenvalue weighted by Crippen LogP contribution is 2.41. The molecule has 2 nitrogen and oxygen atoms in total. The van der Waals surface area contributed by atoms with Crippen molar-refractivity contribution in [2.24, 2.45) is 0 Å². The van der Waals surface area contributed by atoms with Gasteiger partial charge in [0, 0.05) is 6.04 Å². The molecule has 2 atom stereocenters. The molecule has 17 heavy (non-hydrogen) atoms. The Hall–Kier alpha value is -1.16. The molecule has 0 amide bonds. The lowest BCUT2D eigenvalue weighted by atomic mass is 10.0. The highest BCUT2D eigenvalue weighted by atomic mass is 19.3. The molecule has 0 spiro atoms. The number of rotatable bonds is 4. The number of hydrogen-bond donors (Lipinski definition) is 1. The van der Waals surface area contributed by atoms with E-state index in [0.717, 1.165) is 18.5 Å². The molecule has 0 bridgehead atoms. The van der Waals surface area contributed by atoms with Gasteiger partial charge in [0.15, 0.2) is 0 Å². The lowest BCUT2D eigenvalue weighted by Crippen LogP contribution is -2.18. The van der Waals surface area contributed by atoms with Gasteiger partial charge >= 0.3 is 6.61 Å². The Balaban J connectivity index is 2.26. The molecule has 0 aliphatic heterocycles. The second kappa shape index (κ2) is 5.00. The van der Waals surface area contributed by atoms with Crippen LogP contribution >= 0.6 is 0 Å². The van der Waals surface area contributed by atoms with Crippen LogP contribution in [0.3, 0.4) is 0 Å². The van der Waals surface area contributed by atoms with Crippen LogP contribution < -0.4 is 10.1 Å². The average molecular weight is 241 g/mol. The Bertz CT molecular complexity index is 395. The van der Waals surface area contributed by atoms with Crippen molar-refractivity contribution in [1.29, 1.82) is 0 Å². The van der Waals surface area contributed by atoms with Gasteiger partial charge in [-0.2, -0.15) is 8.78 Å². The van der Waals surface area contributed by atoms with E-state index in [9.17, 15) is 8.78 Å². The molecule has 2 unspecified atom stereocenters. The Labute approximate surface area is 100.0 Å². The second-order valence-electron chi connectivity index (χ2n) is 4.42. The highest BCUT2D eigenvalue weighted by molar-refractivity contribution is 5.43. The molecule has 0 saturated carbocycles. The van der Waals surface area contributed by atoms with Gasteiger partial charge in [-0.05, 0) is 42.1 Å². The summed E-state index contributed by atoms with van der Waals surface area (Å²) >= 11 is 0. The zero-order valence-corrected chi connectivity index (χ0v) is 10.0. The fraction of sp³-hybridized carbons (Fsp3) is 0.538. The van der Waals surface area contributed by atoms with Crippen LogP contribution in [-0.2, 0) is 0 Å². The van der Waals surface area contributed by atoms with Crippen LogP contribution in [0.25, 0.3) is 0 Å². The van der Waals surface area contributed by atoms with Gasteiger partial charge < -0.3 is 10.1 Å². The summed E-state index contributed by atoms with van der Waals surface area (Å²) in [4.78, 5) is 0. The van der Waals surface area contributed by atoms with E-state index < -0.39 is 6.61 Å². The van der Waals surface area contributed by atoms with E-state index in [-0.39, 0.29) is 11.8 Å². The number of hydrogen-bond acceptors (Lipinski definition) is 2. The monoisotopic (exact) mass is 241 g/mol. The van der Waals surface area contributed by atoms with Crippen molar-refractivity contribution in [3.63, 3.8) is 0 Å². The number of ether oxygens (including phenoxy) is 1. The van der Waals surface area contributed by atoms with Crippen LogP contribution in [0.5, 0.6) is 5.75 Å². The van der Waals surface area contributed by atoms with E-state index in [2.05, 4.69) is 17.0 Å². The van der Waals surface area contributed by atoms with Gasteiger partial charge in [0.2, 0.25) is 0 Å². The minimum absolute atomic E-state index is 0.246. The van der Waals surface area contributed by atoms with Crippen molar-refractivity contribution in [2.45, 2.75) is 38.8 Å². The summed E-state index contributed by atoms with van der Waals surface area (Å²) in [5.41, 5.74) is 2.33. The summed E-state index contributed by atoms with van der Waals surface area (Å²) in [5, 5.41) is 3.37. The summed E-state index contributed by atoms with van der Waals surface area (Å²) in [6.07, 6.45) is 1.02. The predicted octanol–water partition coefficient (Wildman–Crippen LogP) is 3.45. The summed E-state index contributed by atoms with van der Waals surface area (Å²) in [6.45, 7) is 2.31. The molecule has 0 heterocycles. The largest absolute Gasteiger partial charge is 0.435 e. The minimum atomic E-state index is -2.76. The van der Waals surface area contributed by atoms with Crippen molar-refractivity contribution in [2.75, 3.05) is 6.54 Å². The van der Waals surface area contributed by atoms with Crippen molar-refractivity contribution in [3.05, 3.63) is 29.3 Å². The topological polar surface area (TPSA) is 21.3 Å². The zero-order chi connectivity index (χ0) is 12.4. The van der Waals surface area contributed by atoms with E-state index in [4.69, 9.17) is 0 Å². The zero-order valence-electron chi connectivity index (χ0n) is 10.0. The fourth-order valence-corrected chi connectivity index (χ4v) is 2.53. The molecule has 0 aromatic heterocycles. The number of nitrogens with one attached hydrogen (secondary N) is 1. The van der Waals surface area contributed by atoms with E-state index in [1.807, 2.05) is 13.0 Å². The van der Waals surface area contributed by atoms with Crippen LogP contribution in [-0.4, -0.2) is 13.2 Å². The van der Waals surface area contributed by atoms with Gasteiger partial charge in [-0.25, -0.2) is 0 Å². The number of halogens is 2. The third-order valence-electron chi connectivity index (χ3n) is 3.23. The summed E-state index contributed by atoms with van der Waals surface area (Å²) < 4.78 is 28.8. The molecule has 0 radical (unpaired) electrons. The highest BCUT2D eigenvalue weighted by Gasteiger charge is 2.28. The van der Waals surface area contributed by atoms with E-state index in [0.29, 0.717) is 5.92 Å². The van der Waals surface area contributed by atoms with Crippen LogP contribution in [0, 0.1) is 0 Å². The second-order valence-corrected chi connectivity index (χ2v) is 4.42. The van der Waals surface area contributed by atoms with Crippen LogP contribution in [0.15, 0.2) is 18.2 Å². The molecule has 0 saturated heterocycles. The van der Waals surface area contributed by atoms with E-state index in [1.54, 1.807) is 12.1 Å². The third-order valence-corrected chi connectivity index (χ3v) is 3.23. The number of alkyl halides is 2. The van der Waals surface area contributed by atoms with Gasteiger partial charge in [-0.3, -0.25) is 0 Å². The number of fused-ring (bicyclic) bond motifs is 1. The quantitative estimate of drug-likeness (QED) is 0.871. The fourth-order valence-electron chi connectivity index (χ4n) is 2.53. The first kappa shape index (κ1) is 12.3. The molecule has 2 rings (SSSR count). The first-order chi connectivity index (χ1) is 8.11. The molecular weight excluding hydrogens is 224 g/mol. The molecule has 4 heteroatoms. The van der Waals surface area contributed by atoms with Crippen LogP contribution in [0.4, 0.5) is 8.78 Å². The Morgan fingerprint density at radius 1 is 1.41 bits per heavy atom. The third kappa shape index (κ3) is 2.57. The molecule has 1 aliphatic carbocycles. The predicted molar refractivity (Wildman–Crippen MR) is 62.5 cm³/mol. The lowest BCUT2D eigenvalue weighted by molar-refractivity contribution is -0.0499. The van der Waals surface area contributed by atoms with Crippen molar-refractivity contribution in [3.8, 4) is 5.75 Å². The van der Waals surface area contributed by atoms with Crippen LogP contribution in [0.1, 0.15) is 43.4 Å².